The average molecular weight is 262 g/mol. The van der Waals surface area contributed by atoms with Crippen molar-refractivity contribution in [2.75, 3.05) is 0 Å². The van der Waals surface area contributed by atoms with Gasteiger partial charge in [-0.3, -0.25) is 0 Å². The normalized spacial score (nSPS) is 14.7. The van der Waals surface area contributed by atoms with Gasteiger partial charge < -0.3 is 0 Å². The Balaban J connectivity index is 3.55. The van der Waals surface area contributed by atoms with E-state index in [-0.39, 0.29) is 0 Å². The van der Waals surface area contributed by atoms with E-state index < -0.39 is 46.2 Å². The molecule has 0 N–H and O–H groups in total. The summed E-state index contributed by atoms with van der Waals surface area (Å²) in [4.78, 5) is 0. The minimum absolute atomic E-state index is 0.412. The lowest BCUT2D eigenvalue weighted by Crippen LogP contribution is -2.12. The number of rotatable bonds is 4. The molecular weight excluding hydrogens is 244 g/mol. The van der Waals surface area contributed by atoms with Gasteiger partial charge in [-0.15, -0.1) is 0 Å². The first-order chi connectivity index (χ1) is 8.36. The smallest absolute Gasteiger partial charge is 0.165 e. The largest absolute Gasteiger partial charge is 0.203 e. The topological polar surface area (TPSA) is 0 Å². The molecule has 0 amide bonds. The molecule has 0 aromatic heterocycles. The van der Waals surface area contributed by atoms with Gasteiger partial charge in [0, 0.05) is 11.1 Å². The first-order valence-corrected chi connectivity index (χ1v) is 6.22. The first-order valence-electron chi connectivity index (χ1n) is 6.22. The summed E-state index contributed by atoms with van der Waals surface area (Å²) >= 11 is 0. The van der Waals surface area contributed by atoms with Crippen LogP contribution in [0.15, 0.2) is 0 Å². The van der Waals surface area contributed by atoms with Gasteiger partial charge in [-0.25, -0.2) is 17.6 Å². The first kappa shape index (κ1) is 15.0. The molecule has 4 heteroatoms. The molecule has 0 saturated heterocycles. The Hall–Kier alpha value is -1.06. The summed E-state index contributed by atoms with van der Waals surface area (Å²) in [5, 5.41) is 0. The SMILES string of the molecule is CCC(C)c1c(F)c(F)c(C(C)CC)c(F)c1F. The molecule has 0 aliphatic carbocycles. The van der Waals surface area contributed by atoms with Crippen molar-refractivity contribution in [3.05, 3.63) is 34.4 Å². The summed E-state index contributed by atoms with van der Waals surface area (Å²) < 4.78 is 55.4. The number of benzene rings is 1. The van der Waals surface area contributed by atoms with Gasteiger partial charge in [0.25, 0.3) is 0 Å². The van der Waals surface area contributed by atoms with Crippen LogP contribution in [-0.4, -0.2) is 0 Å². The van der Waals surface area contributed by atoms with Crippen molar-refractivity contribution >= 4 is 0 Å². The predicted octanol–water partition coefficient (Wildman–Crippen LogP) is 5.27. The van der Waals surface area contributed by atoms with Crippen LogP contribution in [0.1, 0.15) is 63.5 Å². The van der Waals surface area contributed by atoms with Gasteiger partial charge in [-0.05, 0) is 24.7 Å². The Labute approximate surface area is 105 Å². The van der Waals surface area contributed by atoms with Gasteiger partial charge in [-0.2, -0.15) is 0 Å². The Bertz CT molecular complexity index is 370. The van der Waals surface area contributed by atoms with E-state index in [4.69, 9.17) is 0 Å². The van der Waals surface area contributed by atoms with Crippen LogP contribution in [0.5, 0.6) is 0 Å². The van der Waals surface area contributed by atoms with Gasteiger partial charge >= 0.3 is 0 Å². The Morgan fingerprint density at radius 3 is 1.06 bits per heavy atom. The molecule has 0 nitrogen and oxygen atoms in total. The number of hydrogen-bond donors (Lipinski definition) is 0. The quantitative estimate of drug-likeness (QED) is 0.512. The molecule has 1 aromatic carbocycles. The van der Waals surface area contributed by atoms with E-state index in [0.29, 0.717) is 12.8 Å². The van der Waals surface area contributed by atoms with Crippen molar-refractivity contribution in [1.82, 2.24) is 0 Å². The second-order valence-electron chi connectivity index (χ2n) is 4.70. The highest BCUT2D eigenvalue weighted by Gasteiger charge is 2.29. The molecule has 102 valence electrons. The van der Waals surface area contributed by atoms with Crippen molar-refractivity contribution in [2.24, 2.45) is 0 Å². The Morgan fingerprint density at radius 1 is 0.667 bits per heavy atom. The lowest BCUT2D eigenvalue weighted by Gasteiger charge is -2.18. The minimum Gasteiger partial charge on any atom is -0.203 e. The van der Waals surface area contributed by atoms with Crippen molar-refractivity contribution in [3.8, 4) is 0 Å². The van der Waals surface area contributed by atoms with Crippen LogP contribution in [-0.2, 0) is 0 Å². The molecule has 2 atom stereocenters. The number of hydrogen-bond acceptors (Lipinski definition) is 0. The van der Waals surface area contributed by atoms with E-state index in [9.17, 15) is 17.6 Å². The molecule has 0 heterocycles. The fraction of sp³-hybridized carbons (Fsp3) is 0.571. The third-order valence-electron chi connectivity index (χ3n) is 3.54. The van der Waals surface area contributed by atoms with Crippen LogP contribution in [0.3, 0.4) is 0 Å². The molecule has 0 radical (unpaired) electrons. The second kappa shape index (κ2) is 5.72. The maximum Gasteiger partial charge on any atom is 0.165 e. The van der Waals surface area contributed by atoms with Crippen molar-refractivity contribution in [1.29, 1.82) is 0 Å². The molecule has 0 saturated carbocycles. The van der Waals surface area contributed by atoms with Gasteiger partial charge in [0.1, 0.15) is 0 Å². The summed E-state index contributed by atoms with van der Waals surface area (Å²) in [7, 11) is 0. The van der Waals surface area contributed by atoms with Crippen molar-refractivity contribution in [2.45, 2.75) is 52.4 Å². The van der Waals surface area contributed by atoms with Crippen LogP contribution >= 0.6 is 0 Å². The zero-order chi connectivity index (χ0) is 14.0. The van der Waals surface area contributed by atoms with Crippen LogP contribution in [0, 0.1) is 23.3 Å². The zero-order valence-electron chi connectivity index (χ0n) is 11.1. The van der Waals surface area contributed by atoms with E-state index in [1.807, 2.05) is 0 Å². The van der Waals surface area contributed by atoms with Crippen LogP contribution < -0.4 is 0 Å². The molecule has 0 spiro atoms. The third-order valence-corrected chi connectivity index (χ3v) is 3.54. The van der Waals surface area contributed by atoms with Crippen molar-refractivity contribution in [3.63, 3.8) is 0 Å². The molecule has 0 fully saturated rings. The summed E-state index contributed by atoms with van der Waals surface area (Å²) in [6, 6.07) is 0. The maximum absolute atomic E-state index is 13.9. The van der Waals surface area contributed by atoms with E-state index in [0.717, 1.165) is 0 Å². The maximum atomic E-state index is 13.9. The molecular formula is C14H18F4. The summed E-state index contributed by atoms with van der Waals surface area (Å²) in [6.45, 7) is 6.51. The van der Waals surface area contributed by atoms with E-state index in [1.54, 1.807) is 27.7 Å². The van der Waals surface area contributed by atoms with Crippen molar-refractivity contribution < 1.29 is 17.6 Å². The Kier molecular flexibility index (Phi) is 4.77. The third kappa shape index (κ3) is 2.38. The molecule has 2 unspecified atom stereocenters. The molecule has 0 aliphatic rings. The van der Waals surface area contributed by atoms with Gasteiger partial charge in [-0.1, -0.05) is 27.7 Å². The van der Waals surface area contributed by atoms with E-state index >= 15 is 0 Å². The molecule has 0 aliphatic heterocycles. The van der Waals surface area contributed by atoms with E-state index in [2.05, 4.69) is 0 Å². The Morgan fingerprint density at radius 2 is 0.889 bits per heavy atom. The zero-order valence-corrected chi connectivity index (χ0v) is 11.1. The van der Waals surface area contributed by atoms with E-state index in [1.165, 1.54) is 0 Å². The highest BCUT2D eigenvalue weighted by molar-refractivity contribution is 5.33. The molecule has 0 bridgehead atoms. The standard InChI is InChI=1S/C14H18F4/c1-5-7(3)9-11(15)13(17)10(8(4)6-2)14(18)12(9)16/h7-8H,5-6H2,1-4H3. The lowest BCUT2D eigenvalue weighted by molar-refractivity contribution is 0.406. The number of halogens is 4. The van der Waals surface area contributed by atoms with Gasteiger partial charge in [0.2, 0.25) is 0 Å². The summed E-state index contributed by atoms with van der Waals surface area (Å²) in [5.41, 5.74) is -0.973. The fourth-order valence-corrected chi connectivity index (χ4v) is 1.94. The fourth-order valence-electron chi connectivity index (χ4n) is 1.94. The average Bonchev–Trinajstić information content (AvgIpc) is 2.36. The monoisotopic (exact) mass is 262 g/mol. The highest BCUT2D eigenvalue weighted by atomic mass is 19.2. The summed E-state index contributed by atoms with van der Waals surface area (Å²) in [5.74, 6) is -6.12. The molecule has 1 rings (SSSR count). The van der Waals surface area contributed by atoms with Crippen LogP contribution in [0.25, 0.3) is 0 Å². The molecule has 1 aromatic rings. The summed E-state index contributed by atoms with van der Waals surface area (Å²) in [6.07, 6.45) is 0.824. The minimum atomic E-state index is -1.25. The lowest BCUT2D eigenvalue weighted by atomic mass is 9.90. The predicted molar refractivity (Wildman–Crippen MR) is 63.7 cm³/mol. The second-order valence-corrected chi connectivity index (χ2v) is 4.70. The highest BCUT2D eigenvalue weighted by Crippen LogP contribution is 2.34. The van der Waals surface area contributed by atoms with Gasteiger partial charge in [0.15, 0.2) is 23.3 Å². The van der Waals surface area contributed by atoms with Crippen LogP contribution in [0.2, 0.25) is 0 Å². The van der Waals surface area contributed by atoms with Gasteiger partial charge in [0.05, 0.1) is 0 Å². The molecule has 18 heavy (non-hydrogen) atoms. The van der Waals surface area contributed by atoms with Crippen LogP contribution in [0.4, 0.5) is 17.6 Å².